The number of carbonyl (C=O) groups excluding carboxylic acids is 1. The van der Waals surface area contributed by atoms with Crippen molar-refractivity contribution in [2.75, 3.05) is 13.7 Å². The molecule has 0 saturated carbocycles. The molecule has 0 saturated heterocycles. The summed E-state index contributed by atoms with van der Waals surface area (Å²) in [7, 11) is 1.59. The zero-order valence-corrected chi connectivity index (χ0v) is 28.3. The molecule has 5 aromatic rings. The van der Waals surface area contributed by atoms with E-state index in [0.29, 0.717) is 38.7 Å². The first kappa shape index (κ1) is 32.5. The van der Waals surface area contributed by atoms with Gasteiger partial charge in [-0.3, -0.25) is 9.36 Å². The van der Waals surface area contributed by atoms with Gasteiger partial charge in [0.2, 0.25) is 0 Å². The Balaban J connectivity index is 1.53. The molecule has 0 unspecified atom stereocenters. The Hall–Kier alpha value is -5.48. The Morgan fingerprint density at radius 3 is 2.48 bits per heavy atom. The van der Waals surface area contributed by atoms with Crippen LogP contribution in [0.3, 0.4) is 0 Å². The van der Waals surface area contributed by atoms with Crippen molar-refractivity contribution < 1.29 is 19.0 Å². The molecule has 9 nitrogen and oxygen atoms in total. The predicted molar refractivity (Wildman–Crippen MR) is 187 cm³/mol. The zero-order chi connectivity index (χ0) is 33.9. The Morgan fingerprint density at radius 1 is 1.06 bits per heavy atom. The van der Waals surface area contributed by atoms with Crippen molar-refractivity contribution in [1.29, 1.82) is 0 Å². The van der Waals surface area contributed by atoms with Crippen molar-refractivity contribution >= 4 is 23.4 Å². The minimum atomic E-state index is -0.738. The van der Waals surface area contributed by atoms with E-state index in [1.807, 2.05) is 92.0 Å². The number of allylic oxidation sites excluding steroid dienone is 1. The van der Waals surface area contributed by atoms with E-state index in [9.17, 15) is 9.59 Å². The highest BCUT2D eigenvalue weighted by Gasteiger charge is 2.34. The van der Waals surface area contributed by atoms with Gasteiger partial charge in [-0.05, 0) is 87.4 Å². The molecule has 0 N–H and O–H groups in total. The summed E-state index contributed by atoms with van der Waals surface area (Å²) in [6.07, 6.45) is 5.13. The molecule has 244 valence electrons. The van der Waals surface area contributed by atoms with Gasteiger partial charge >= 0.3 is 5.97 Å². The fraction of sp³-hybridized carbons (Fsp3) is 0.211. The van der Waals surface area contributed by atoms with Gasteiger partial charge in [-0.1, -0.05) is 54.3 Å². The van der Waals surface area contributed by atoms with Crippen LogP contribution in [-0.2, 0) is 9.53 Å². The second-order valence-corrected chi connectivity index (χ2v) is 12.6. The van der Waals surface area contributed by atoms with Crippen LogP contribution >= 0.6 is 11.3 Å². The highest BCUT2D eigenvalue weighted by Crippen LogP contribution is 2.32. The number of para-hydroxylation sites is 1. The van der Waals surface area contributed by atoms with Crippen molar-refractivity contribution in [3.8, 4) is 28.4 Å². The van der Waals surface area contributed by atoms with E-state index < -0.39 is 12.0 Å². The molecule has 10 heteroatoms. The highest BCUT2D eigenvalue weighted by atomic mass is 32.1. The van der Waals surface area contributed by atoms with Crippen molar-refractivity contribution in [2.24, 2.45) is 4.99 Å². The SMILES string of the molecule is C=CCOc1ccc(-c2nn(-c3ccccc3)cc2/C=c2\sc3n(c2=O)[C@@H](c2ccc(OC)cc2)C(C(=O)OC(C)C)=C(C)N=3)cc1C. The van der Waals surface area contributed by atoms with E-state index in [2.05, 4.69) is 6.58 Å². The maximum atomic E-state index is 14.4. The zero-order valence-electron chi connectivity index (χ0n) is 27.5. The molecule has 3 heterocycles. The number of rotatable bonds is 10. The third-order valence-corrected chi connectivity index (χ3v) is 8.85. The second-order valence-electron chi connectivity index (χ2n) is 11.6. The molecule has 0 aliphatic carbocycles. The molecule has 0 fully saturated rings. The summed E-state index contributed by atoms with van der Waals surface area (Å²) in [4.78, 5) is 33.1. The lowest BCUT2D eigenvalue weighted by Crippen LogP contribution is -2.40. The van der Waals surface area contributed by atoms with E-state index in [1.54, 1.807) is 43.2 Å². The Bertz CT molecular complexity index is 2210. The molecule has 1 atom stereocenters. The van der Waals surface area contributed by atoms with Crippen LogP contribution in [0.25, 0.3) is 23.0 Å². The number of nitrogens with zero attached hydrogens (tertiary/aromatic N) is 4. The number of hydrogen-bond donors (Lipinski definition) is 0. The number of aryl methyl sites for hydroxylation is 1. The molecule has 1 aliphatic rings. The highest BCUT2D eigenvalue weighted by molar-refractivity contribution is 7.07. The lowest BCUT2D eigenvalue weighted by atomic mass is 9.96. The number of benzene rings is 3. The van der Waals surface area contributed by atoms with Gasteiger partial charge in [0.25, 0.3) is 5.56 Å². The number of methoxy groups -OCH3 is 1. The van der Waals surface area contributed by atoms with Crippen molar-refractivity contribution in [3.63, 3.8) is 0 Å². The number of hydrogen-bond acceptors (Lipinski definition) is 8. The van der Waals surface area contributed by atoms with Crippen molar-refractivity contribution in [3.05, 3.63) is 139 Å². The largest absolute Gasteiger partial charge is 0.497 e. The van der Waals surface area contributed by atoms with Crippen LogP contribution in [0.1, 0.15) is 43.5 Å². The monoisotopic (exact) mass is 660 g/mol. The van der Waals surface area contributed by atoms with Crippen molar-refractivity contribution in [2.45, 2.75) is 39.8 Å². The van der Waals surface area contributed by atoms with Gasteiger partial charge in [-0.25, -0.2) is 14.5 Å². The first-order valence-corrected chi connectivity index (χ1v) is 16.4. The van der Waals surface area contributed by atoms with Gasteiger partial charge in [-0.2, -0.15) is 5.10 Å². The maximum Gasteiger partial charge on any atom is 0.338 e. The molecular weight excluding hydrogens is 625 g/mol. The summed E-state index contributed by atoms with van der Waals surface area (Å²) >= 11 is 1.27. The Kier molecular flexibility index (Phi) is 9.27. The van der Waals surface area contributed by atoms with Crippen LogP contribution in [-0.4, -0.2) is 40.1 Å². The van der Waals surface area contributed by atoms with Crippen LogP contribution in [0.5, 0.6) is 11.5 Å². The second kappa shape index (κ2) is 13.7. The normalized spacial score (nSPS) is 14.5. The van der Waals surface area contributed by atoms with Crippen LogP contribution in [0, 0.1) is 6.92 Å². The minimum absolute atomic E-state index is 0.273. The molecule has 0 spiro atoms. The van der Waals surface area contributed by atoms with E-state index in [1.165, 1.54) is 11.3 Å². The summed E-state index contributed by atoms with van der Waals surface area (Å²) in [6.45, 7) is 11.5. The lowest BCUT2D eigenvalue weighted by Gasteiger charge is -2.25. The molecule has 0 bridgehead atoms. The minimum Gasteiger partial charge on any atom is -0.497 e. The van der Waals surface area contributed by atoms with Gasteiger partial charge in [-0.15, -0.1) is 0 Å². The van der Waals surface area contributed by atoms with Gasteiger partial charge in [0.15, 0.2) is 4.80 Å². The fourth-order valence-corrected chi connectivity index (χ4v) is 6.68. The molecule has 0 radical (unpaired) electrons. The number of fused-ring (bicyclic) bond motifs is 1. The van der Waals surface area contributed by atoms with Gasteiger partial charge < -0.3 is 14.2 Å². The topological polar surface area (TPSA) is 96.9 Å². The average molecular weight is 661 g/mol. The number of ether oxygens (including phenoxy) is 3. The van der Waals surface area contributed by atoms with Gasteiger partial charge in [0, 0.05) is 17.3 Å². The standard InChI is InChI=1S/C38H36N4O5S/c1-7-19-46-31-18-15-27(20-24(31)4)34-28(22-41(40-34)29-11-9-8-10-12-29)21-32-36(43)42-35(26-13-16-30(45-6)17-14-26)33(37(44)47-23(2)3)25(5)39-38(42)48-32/h7-18,20-23,35H,1,19H2,2-6H3/b32-21-/t35-/m0/s1. The first-order chi connectivity index (χ1) is 23.2. The summed E-state index contributed by atoms with van der Waals surface area (Å²) in [6, 6.07) is 22.3. The van der Waals surface area contributed by atoms with Gasteiger partial charge in [0.05, 0.1) is 40.7 Å². The Morgan fingerprint density at radius 2 is 1.81 bits per heavy atom. The smallest absolute Gasteiger partial charge is 0.338 e. The van der Waals surface area contributed by atoms with E-state index in [4.69, 9.17) is 24.3 Å². The molecule has 2 aromatic heterocycles. The quantitative estimate of drug-likeness (QED) is 0.136. The number of thiazole rings is 1. The van der Waals surface area contributed by atoms with E-state index >= 15 is 0 Å². The molecule has 48 heavy (non-hydrogen) atoms. The number of esters is 1. The van der Waals surface area contributed by atoms with E-state index in [0.717, 1.165) is 33.7 Å². The summed E-state index contributed by atoms with van der Waals surface area (Å²) < 4.78 is 20.7. The van der Waals surface area contributed by atoms with Crippen LogP contribution in [0.4, 0.5) is 0 Å². The third kappa shape index (κ3) is 6.39. The number of carbonyl (C=O) groups is 1. The number of aromatic nitrogens is 3. The predicted octanol–water partition coefficient (Wildman–Crippen LogP) is 5.92. The molecule has 1 aliphatic heterocycles. The molecule has 3 aromatic carbocycles. The van der Waals surface area contributed by atoms with Crippen molar-refractivity contribution in [1.82, 2.24) is 14.3 Å². The lowest BCUT2D eigenvalue weighted by molar-refractivity contribution is -0.143. The average Bonchev–Trinajstić information content (AvgIpc) is 3.64. The third-order valence-electron chi connectivity index (χ3n) is 7.87. The summed E-state index contributed by atoms with van der Waals surface area (Å²) in [5.41, 5.74) is 5.44. The van der Waals surface area contributed by atoms with Crippen LogP contribution in [0.15, 0.2) is 113 Å². The first-order valence-electron chi connectivity index (χ1n) is 15.6. The molecular formula is C38H36N4O5S. The fourth-order valence-electron chi connectivity index (χ4n) is 5.64. The maximum absolute atomic E-state index is 14.4. The molecule has 0 amide bonds. The van der Waals surface area contributed by atoms with Crippen LogP contribution in [0.2, 0.25) is 0 Å². The van der Waals surface area contributed by atoms with E-state index in [-0.39, 0.29) is 11.7 Å². The Labute approximate surface area is 282 Å². The van der Waals surface area contributed by atoms with Gasteiger partial charge in [0.1, 0.15) is 23.8 Å². The molecule has 6 rings (SSSR count). The summed E-state index contributed by atoms with van der Waals surface area (Å²) in [5.74, 6) is 0.914. The van der Waals surface area contributed by atoms with Crippen LogP contribution < -0.4 is 24.4 Å². The summed E-state index contributed by atoms with van der Waals surface area (Å²) in [5, 5.41) is 4.96.